The molecule has 4 nitrogen and oxygen atoms in total. The molecule has 0 aromatic heterocycles. The highest BCUT2D eigenvalue weighted by molar-refractivity contribution is 7.92. The van der Waals surface area contributed by atoms with Gasteiger partial charge in [0, 0.05) is 0 Å². The molecule has 0 fully saturated rings. The highest BCUT2D eigenvalue weighted by atomic mass is 32.2. The van der Waals surface area contributed by atoms with Crippen LogP contribution in [0.5, 0.6) is 0 Å². The van der Waals surface area contributed by atoms with E-state index in [0.29, 0.717) is 11.1 Å². The fourth-order valence-electron chi connectivity index (χ4n) is 2.16. The van der Waals surface area contributed by atoms with E-state index >= 15 is 0 Å². The van der Waals surface area contributed by atoms with Crippen LogP contribution in [0.1, 0.15) is 22.3 Å². The maximum absolute atomic E-state index is 12.9. The Labute approximate surface area is 150 Å². The second-order valence-corrected chi connectivity index (χ2v) is 7.34. The summed E-state index contributed by atoms with van der Waals surface area (Å²) < 4.78 is 104. The lowest BCUT2D eigenvalue weighted by Crippen LogP contribution is -2.18. The number of nitrogens with one attached hydrogen (secondary N) is 1. The molecule has 0 bridgehead atoms. The number of halogens is 6. The number of alkyl halides is 6. The van der Waals surface area contributed by atoms with Gasteiger partial charge in [0.25, 0.3) is 10.0 Å². The van der Waals surface area contributed by atoms with Crippen LogP contribution in [0.25, 0.3) is 0 Å². The first-order chi connectivity index (χ1) is 12.2. The number of rotatable bonds is 4. The van der Waals surface area contributed by atoms with Gasteiger partial charge in [-0.2, -0.15) is 26.3 Å². The molecule has 11 heteroatoms. The average Bonchev–Trinajstić information content (AvgIpc) is 2.54. The molecule has 0 atom stereocenters. The fraction of sp³-hybridized carbons (Fsp3) is 0.250. The van der Waals surface area contributed by atoms with Gasteiger partial charge in [-0.05, 0) is 42.3 Å². The lowest BCUT2D eigenvalue weighted by atomic mass is 10.1. The van der Waals surface area contributed by atoms with Crippen molar-refractivity contribution in [1.82, 2.24) is 0 Å². The lowest BCUT2D eigenvalue weighted by molar-refractivity contribution is -0.143. The summed E-state index contributed by atoms with van der Waals surface area (Å²) in [6.45, 7) is 1.04. The molecule has 0 heterocycles. The van der Waals surface area contributed by atoms with E-state index in [0.717, 1.165) is 0 Å². The van der Waals surface area contributed by atoms with Crippen molar-refractivity contribution in [3.05, 3.63) is 58.7 Å². The Morgan fingerprint density at radius 1 is 0.926 bits per heavy atom. The SMILES string of the molecule is Cc1ccc(CO)cc1NS(=O)(=O)c1cc(C(F)(F)F)cc(C(F)(F)F)c1. The smallest absolute Gasteiger partial charge is 0.392 e. The summed E-state index contributed by atoms with van der Waals surface area (Å²) in [6, 6.07) is 4.25. The monoisotopic (exact) mass is 413 g/mol. The van der Waals surface area contributed by atoms with Crippen LogP contribution in [0.4, 0.5) is 32.0 Å². The van der Waals surface area contributed by atoms with E-state index in [4.69, 9.17) is 5.11 Å². The lowest BCUT2D eigenvalue weighted by Gasteiger charge is -2.16. The summed E-state index contributed by atoms with van der Waals surface area (Å²) in [6.07, 6.45) is -10.3. The van der Waals surface area contributed by atoms with E-state index in [1.807, 2.05) is 4.72 Å². The summed E-state index contributed by atoms with van der Waals surface area (Å²) in [5.74, 6) is 0. The minimum absolute atomic E-state index is 0.0764. The maximum Gasteiger partial charge on any atom is 0.416 e. The number of sulfonamides is 1. The molecular weight excluding hydrogens is 400 g/mol. The van der Waals surface area contributed by atoms with Gasteiger partial charge in [-0.25, -0.2) is 8.42 Å². The van der Waals surface area contributed by atoms with Gasteiger partial charge in [0.15, 0.2) is 0 Å². The van der Waals surface area contributed by atoms with Crippen molar-refractivity contribution >= 4 is 15.7 Å². The number of benzene rings is 2. The van der Waals surface area contributed by atoms with E-state index < -0.39 is 45.0 Å². The van der Waals surface area contributed by atoms with Crippen LogP contribution in [-0.2, 0) is 29.0 Å². The molecule has 0 aliphatic heterocycles. The van der Waals surface area contributed by atoms with Gasteiger partial charge in [0.1, 0.15) is 0 Å². The van der Waals surface area contributed by atoms with Crippen LogP contribution in [0, 0.1) is 6.92 Å². The molecule has 2 aromatic rings. The normalized spacial score (nSPS) is 12.9. The van der Waals surface area contributed by atoms with Crippen LogP contribution < -0.4 is 4.72 Å². The Hall–Kier alpha value is -2.27. The molecule has 0 saturated carbocycles. The first-order valence-electron chi connectivity index (χ1n) is 7.27. The predicted molar refractivity (Wildman–Crippen MR) is 84.4 cm³/mol. The summed E-state index contributed by atoms with van der Waals surface area (Å²) in [5, 5.41) is 9.09. The molecule has 0 aliphatic carbocycles. The number of aliphatic hydroxyl groups is 1. The summed E-state index contributed by atoms with van der Waals surface area (Å²) in [7, 11) is -4.76. The first-order valence-corrected chi connectivity index (χ1v) is 8.75. The third-order valence-electron chi connectivity index (χ3n) is 3.60. The van der Waals surface area contributed by atoms with Crippen LogP contribution in [0.3, 0.4) is 0 Å². The molecule has 0 radical (unpaired) electrons. The zero-order valence-corrected chi connectivity index (χ0v) is 14.4. The molecule has 0 aliphatic rings. The van der Waals surface area contributed by atoms with Crippen molar-refractivity contribution in [2.24, 2.45) is 0 Å². The largest absolute Gasteiger partial charge is 0.416 e. The third-order valence-corrected chi connectivity index (χ3v) is 4.95. The molecular formula is C16H13F6NO3S. The Kier molecular flexibility index (Phi) is 5.48. The van der Waals surface area contributed by atoms with Crippen molar-refractivity contribution in [2.75, 3.05) is 4.72 Å². The Morgan fingerprint density at radius 2 is 1.44 bits per heavy atom. The van der Waals surface area contributed by atoms with Crippen LogP contribution in [0.2, 0.25) is 0 Å². The number of anilines is 1. The van der Waals surface area contributed by atoms with E-state index in [1.165, 1.54) is 25.1 Å². The number of aliphatic hydroxyl groups excluding tert-OH is 1. The van der Waals surface area contributed by atoms with Gasteiger partial charge in [-0.1, -0.05) is 12.1 Å². The predicted octanol–water partition coefficient (Wildman–Crippen LogP) is 4.33. The summed E-state index contributed by atoms with van der Waals surface area (Å²) in [5.41, 5.74) is -2.89. The van der Waals surface area contributed by atoms with Crippen molar-refractivity contribution in [1.29, 1.82) is 0 Å². The number of hydrogen-bond donors (Lipinski definition) is 2. The van der Waals surface area contributed by atoms with Gasteiger partial charge in [0.05, 0.1) is 28.3 Å². The van der Waals surface area contributed by atoms with Crippen LogP contribution in [0.15, 0.2) is 41.3 Å². The molecule has 148 valence electrons. The van der Waals surface area contributed by atoms with Crippen LogP contribution in [-0.4, -0.2) is 13.5 Å². The van der Waals surface area contributed by atoms with Crippen LogP contribution >= 0.6 is 0 Å². The minimum Gasteiger partial charge on any atom is -0.392 e. The number of hydrogen-bond acceptors (Lipinski definition) is 3. The minimum atomic E-state index is -5.17. The molecule has 2 aromatic carbocycles. The second kappa shape index (κ2) is 7.04. The van der Waals surface area contributed by atoms with E-state index in [1.54, 1.807) is 0 Å². The van der Waals surface area contributed by atoms with Crippen molar-refractivity contribution < 1.29 is 39.9 Å². The average molecular weight is 413 g/mol. The van der Waals surface area contributed by atoms with Gasteiger partial charge in [0.2, 0.25) is 0 Å². The van der Waals surface area contributed by atoms with E-state index in [-0.39, 0.29) is 23.9 Å². The molecule has 0 saturated heterocycles. The van der Waals surface area contributed by atoms with Crippen molar-refractivity contribution in [3.8, 4) is 0 Å². The standard InChI is InChI=1S/C16H13F6NO3S/c1-9-2-3-10(8-24)4-14(9)23-27(25,26)13-6-11(15(17,18)19)5-12(7-13)16(20,21)22/h2-7,23-24H,8H2,1H3. The zero-order valence-electron chi connectivity index (χ0n) is 13.6. The topological polar surface area (TPSA) is 66.4 Å². The third kappa shape index (κ3) is 4.92. The van der Waals surface area contributed by atoms with Crippen molar-refractivity contribution in [2.45, 2.75) is 30.8 Å². The van der Waals surface area contributed by atoms with E-state index in [2.05, 4.69) is 0 Å². The molecule has 0 spiro atoms. The highest BCUT2D eigenvalue weighted by Crippen LogP contribution is 2.37. The van der Waals surface area contributed by atoms with Gasteiger partial charge >= 0.3 is 12.4 Å². The Morgan fingerprint density at radius 3 is 1.89 bits per heavy atom. The van der Waals surface area contributed by atoms with Gasteiger partial charge < -0.3 is 5.11 Å². The molecule has 2 rings (SSSR count). The second-order valence-electron chi connectivity index (χ2n) is 5.65. The first kappa shape index (κ1) is 21.0. The Balaban J connectivity index is 2.58. The quantitative estimate of drug-likeness (QED) is 0.734. The molecule has 0 unspecified atom stereocenters. The maximum atomic E-state index is 12.9. The molecule has 27 heavy (non-hydrogen) atoms. The summed E-state index contributed by atoms with van der Waals surface area (Å²) >= 11 is 0. The number of aryl methyl sites for hydroxylation is 1. The van der Waals surface area contributed by atoms with E-state index in [9.17, 15) is 34.8 Å². The molecule has 2 N–H and O–H groups in total. The molecule has 0 amide bonds. The zero-order chi connectivity index (χ0) is 20.6. The highest BCUT2D eigenvalue weighted by Gasteiger charge is 2.38. The summed E-state index contributed by atoms with van der Waals surface area (Å²) in [4.78, 5) is -1.18. The van der Waals surface area contributed by atoms with Gasteiger partial charge in [-0.15, -0.1) is 0 Å². The van der Waals surface area contributed by atoms with Crippen molar-refractivity contribution in [3.63, 3.8) is 0 Å². The van der Waals surface area contributed by atoms with Gasteiger partial charge in [-0.3, -0.25) is 4.72 Å². The Bertz CT molecular complexity index is 919. The fourth-order valence-corrected chi connectivity index (χ4v) is 3.35.